The molecule has 6 unspecified atom stereocenters. The summed E-state index contributed by atoms with van der Waals surface area (Å²) in [4.78, 5) is 170. The lowest BCUT2D eigenvalue weighted by Gasteiger charge is -2.32. The highest BCUT2D eigenvalue weighted by atomic mass is 16.6. The molecule has 0 fully saturated rings. The topological polar surface area (TPSA) is 329 Å². The van der Waals surface area contributed by atoms with Crippen molar-refractivity contribution in [1.29, 1.82) is 0 Å². The third-order valence-corrected chi connectivity index (χ3v) is 26.7. The summed E-state index contributed by atoms with van der Waals surface area (Å²) in [6.07, 6.45) is 48.8. The van der Waals surface area contributed by atoms with Gasteiger partial charge in [-0.2, -0.15) is 0 Å². The van der Waals surface area contributed by atoms with Gasteiger partial charge in [-0.05, 0) is 276 Å². The van der Waals surface area contributed by atoms with Gasteiger partial charge >= 0.3 is 71.6 Å². The Morgan fingerprint density at radius 2 is 0.345 bits per heavy atom. The van der Waals surface area contributed by atoms with Crippen LogP contribution in [0.25, 0.3) is 0 Å². The van der Waals surface area contributed by atoms with Crippen molar-refractivity contribution in [2.45, 2.75) is 314 Å². The van der Waals surface area contributed by atoms with Crippen LogP contribution in [0.5, 0.6) is 0 Å². The molecule has 0 amide bonds. The molecule has 794 valence electrons. The molecule has 0 spiro atoms. The van der Waals surface area contributed by atoms with Crippen molar-refractivity contribution in [3.8, 4) is 0 Å². The molecule has 6 atom stereocenters. The van der Waals surface area contributed by atoms with Gasteiger partial charge in [0.2, 0.25) is 0 Å². The van der Waals surface area contributed by atoms with Gasteiger partial charge in [0.15, 0.2) is 0 Å². The van der Waals surface area contributed by atoms with E-state index in [0.717, 1.165) is 116 Å². The van der Waals surface area contributed by atoms with E-state index < -0.39 is 35.8 Å². The van der Waals surface area contributed by atoms with E-state index in [2.05, 4.69) is 161 Å². The van der Waals surface area contributed by atoms with Crippen LogP contribution >= 0.6 is 0 Å². The van der Waals surface area contributed by atoms with E-state index in [-0.39, 0.29) is 268 Å². The molecule has 28 nitrogen and oxygen atoms in total. The van der Waals surface area contributed by atoms with Crippen molar-refractivity contribution in [3.63, 3.8) is 0 Å². The first-order valence-corrected chi connectivity index (χ1v) is 53.0. The number of carbonyl (C=O) groups excluding carboxylic acids is 12. The molecule has 0 aromatic carbocycles. The molecule has 0 radical (unpaired) electrons. The van der Waals surface area contributed by atoms with Crippen LogP contribution in [0.15, 0.2) is 140 Å². The van der Waals surface area contributed by atoms with E-state index in [9.17, 15) is 57.5 Å². The van der Waals surface area contributed by atoms with E-state index in [1.54, 1.807) is 0 Å². The predicted molar refractivity (Wildman–Crippen MR) is 550 cm³/mol. The zero-order valence-corrected chi connectivity index (χ0v) is 88.4. The highest BCUT2D eigenvalue weighted by Crippen LogP contribution is 2.34. The second-order valence-corrected chi connectivity index (χ2v) is 40.1. The van der Waals surface area contributed by atoms with E-state index >= 15 is 0 Å². The summed E-state index contributed by atoms with van der Waals surface area (Å²) in [5.74, 6) is -7.41. The normalized spacial score (nSPS) is 17.8. The molecular formula is C114H174N4O24. The number of esters is 12. The maximum atomic E-state index is 13.8. The Labute approximate surface area is 848 Å². The molecule has 0 aliphatic heterocycles. The molecule has 0 heterocycles. The van der Waals surface area contributed by atoms with Crippen molar-refractivity contribution in [2.24, 2.45) is 35.5 Å². The van der Waals surface area contributed by atoms with E-state index in [1.165, 1.54) is 66.9 Å². The van der Waals surface area contributed by atoms with Gasteiger partial charge in [0, 0.05) is 78.5 Å². The summed E-state index contributed by atoms with van der Waals surface area (Å²) in [6, 6.07) is 0. The van der Waals surface area contributed by atoms with Crippen LogP contribution in [0, 0.1) is 35.5 Å². The van der Waals surface area contributed by atoms with Gasteiger partial charge in [0.25, 0.3) is 0 Å². The highest BCUT2D eigenvalue weighted by Gasteiger charge is 2.31. The Morgan fingerprint density at radius 1 is 0.211 bits per heavy atom. The van der Waals surface area contributed by atoms with E-state index in [1.807, 2.05) is 14.7 Å². The number of hydrogen-bond donors (Lipinski definition) is 0. The van der Waals surface area contributed by atoms with Crippen molar-refractivity contribution >= 4 is 71.6 Å². The molecule has 0 saturated heterocycles. The third-order valence-electron chi connectivity index (χ3n) is 26.7. The number of nitrogens with zero attached hydrogens (tertiary/aromatic N) is 4. The third kappa shape index (κ3) is 56.0. The average Bonchev–Trinajstić information content (AvgIpc) is 0.890. The second kappa shape index (κ2) is 71.8. The Kier molecular flexibility index (Phi) is 61.2. The van der Waals surface area contributed by atoms with Crippen molar-refractivity contribution in [1.82, 2.24) is 19.6 Å². The van der Waals surface area contributed by atoms with E-state index in [0.29, 0.717) is 77.0 Å². The Morgan fingerprint density at radius 3 is 0.472 bits per heavy atom. The Bertz CT molecular complexity index is 3650. The predicted octanol–water partition coefficient (Wildman–Crippen LogP) is 19.9. The van der Waals surface area contributed by atoms with Gasteiger partial charge < -0.3 is 71.5 Å². The van der Waals surface area contributed by atoms with Crippen LogP contribution in [0.2, 0.25) is 0 Å². The summed E-state index contributed by atoms with van der Waals surface area (Å²) in [5, 5.41) is 0. The number of hydrogen-bond acceptors (Lipinski definition) is 28. The Balaban J connectivity index is 1.23. The summed E-state index contributed by atoms with van der Waals surface area (Å²) in [7, 11) is 0. The number of allylic oxidation sites excluding steroid dienone is 24. The minimum absolute atomic E-state index is 0.0926. The molecule has 0 N–H and O–H groups in total. The van der Waals surface area contributed by atoms with Crippen molar-refractivity contribution in [3.05, 3.63) is 140 Å². The van der Waals surface area contributed by atoms with Crippen molar-refractivity contribution in [2.75, 3.05) is 158 Å². The zero-order chi connectivity index (χ0) is 103. The van der Waals surface area contributed by atoms with Gasteiger partial charge in [-0.15, -0.1) is 0 Å². The average molecular weight is 1980 g/mol. The van der Waals surface area contributed by atoms with Crippen LogP contribution in [0.4, 0.5) is 0 Å². The second-order valence-electron chi connectivity index (χ2n) is 40.1. The van der Waals surface area contributed by atoms with Crippen LogP contribution in [-0.4, -0.2) is 249 Å². The first-order chi connectivity index (χ1) is 68.3. The minimum atomic E-state index is -0.579. The maximum Gasteiger partial charge on any atom is 0.309 e. The lowest BCUT2D eigenvalue weighted by molar-refractivity contribution is -0.155. The van der Waals surface area contributed by atoms with Gasteiger partial charge in [-0.1, -0.05) is 140 Å². The molecule has 6 aliphatic carbocycles. The summed E-state index contributed by atoms with van der Waals surface area (Å²) in [5.41, 5.74) is 15.5. The van der Waals surface area contributed by atoms with E-state index in [4.69, 9.17) is 56.8 Å². The van der Waals surface area contributed by atoms with Crippen LogP contribution in [-0.2, 0) is 114 Å². The fraction of sp³-hybridized carbons (Fsp3) is 0.684. The molecule has 0 bridgehead atoms. The zero-order valence-electron chi connectivity index (χ0n) is 88.4. The minimum Gasteiger partial charge on any atom is -0.462 e. The fourth-order valence-electron chi connectivity index (χ4n) is 17.9. The molecule has 0 saturated carbocycles. The van der Waals surface area contributed by atoms with Crippen LogP contribution in [0.1, 0.15) is 314 Å². The van der Waals surface area contributed by atoms with Gasteiger partial charge in [-0.3, -0.25) is 62.4 Å². The van der Waals surface area contributed by atoms with Crippen LogP contribution in [0.3, 0.4) is 0 Å². The monoisotopic (exact) mass is 1980 g/mol. The number of rotatable bonds is 69. The SMILES string of the molecule is CC(C)=CCCC1=CCC(C(=O)OCCOC(=O)CCN(CCC(=O)OCCOC(=O)C2CC=C(CCC=C(C)C)CC2)CCN(CCN(CCC(=O)OCCOC(=O)C2CC=C(CCC=C(C)C)CC2)CCC(=O)OCCOC(=O)C2CC=C(CCC=C(C)C)CC2)CCN(CCC(=O)OCCOC(=O)C2CC=C(CCC=C(C)C)CC2)CCC(=O)OCCOC(=O)C2CC=C(CCC=C(C)C)CC2)CC1. The number of ether oxygens (including phenoxy) is 12. The van der Waals surface area contributed by atoms with Crippen LogP contribution < -0.4 is 0 Å². The summed E-state index contributed by atoms with van der Waals surface area (Å²) >= 11 is 0. The molecule has 142 heavy (non-hydrogen) atoms. The maximum absolute atomic E-state index is 13.8. The lowest BCUT2D eigenvalue weighted by atomic mass is 9.88. The fourth-order valence-corrected chi connectivity index (χ4v) is 17.9. The standard InChI is InChI=1S/C114H174N4O24/c1-85(2)19-13-25-91-31-43-97(44-32-91)109(125)137-79-73-131-103(119)55-61-115(62-56-104(120)132-74-80-138-110(126)98-45-33-92(34-46-98)26-14-20-86(3)4)67-70-118(71-68-116(63-57-105(121)133-75-81-139-111(127)99-47-35-93(36-48-99)27-15-21-87(5)6)64-58-106(122)134-76-82-140-112(128)100-49-37-94(38-50-100)28-16-22-88(7)8)72-69-117(65-59-107(123)135-77-83-141-113(129)101-51-39-95(40-52-101)29-17-23-89(9)10)66-60-108(124)136-78-84-142-114(130)102-53-41-96(42-54-102)30-18-24-90(11)12/h19-24,31,33,35,37,39,41,97-102H,13-18,25-30,32,34,36,38,40,42-84H2,1-12H3. The molecule has 0 aromatic heterocycles. The largest absolute Gasteiger partial charge is 0.462 e. The Hall–Kier alpha value is -9.64. The first-order valence-electron chi connectivity index (χ1n) is 53.0. The molecule has 6 rings (SSSR count). The summed E-state index contributed by atoms with van der Waals surface area (Å²) < 4.78 is 67.9. The first kappa shape index (κ1) is 121. The van der Waals surface area contributed by atoms with Gasteiger partial charge in [0.05, 0.1) is 74.0 Å². The molecular weight excluding hydrogens is 1810 g/mol. The van der Waals surface area contributed by atoms with Gasteiger partial charge in [-0.25, -0.2) is 0 Å². The molecule has 0 aromatic rings. The molecule has 28 heteroatoms. The number of carbonyl (C=O) groups is 12. The smallest absolute Gasteiger partial charge is 0.309 e. The molecule has 6 aliphatic rings. The van der Waals surface area contributed by atoms with Crippen molar-refractivity contribution < 1.29 is 114 Å². The summed E-state index contributed by atoms with van der Waals surface area (Å²) in [6.45, 7) is 25.0. The quantitative estimate of drug-likeness (QED) is 0.0236. The van der Waals surface area contributed by atoms with Gasteiger partial charge in [0.1, 0.15) is 79.3 Å². The lowest BCUT2D eigenvalue weighted by Crippen LogP contribution is -2.45. The highest BCUT2D eigenvalue weighted by molar-refractivity contribution is 5.77.